The van der Waals surface area contributed by atoms with Crippen LogP contribution in [0.4, 0.5) is 10.5 Å². The number of alkyl carbamates (subject to hydrolysis) is 1. The van der Waals surface area contributed by atoms with Gasteiger partial charge in [0.05, 0.1) is 55.4 Å². The number of hydrogen-bond donors (Lipinski definition) is 4. The van der Waals surface area contributed by atoms with E-state index in [1.807, 2.05) is 30.3 Å². The Morgan fingerprint density at radius 1 is 1.07 bits per heavy atom. The van der Waals surface area contributed by atoms with Gasteiger partial charge in [-0.3, -0.25) is 4.84 Å². The summed E-state index contributed by atoms with van der Waals surface area (Å²) in [5.41, 5.74) is 1.36. The Labute approximate surface area is 252 Å². The average Bonchev–Trinajstić information content (AvgIpc) is 3.77. The van der Waals surface area contributed by atoms with Crippen molar-refractivity contribution in [2.45, 2.75) is 74.1 Å². The van der Waals surface area contributed by atoms with E-state index in [-0.39, 0.29) is 49.4 Å². The van der Waals surface area contributed by atoms with Gasteiger partial charge in [0.15, 0.2) is 6.29 Å². The number of nitrogens with one attached hydrogen (secondary N) is 2. The van der Waals surface area contributed by atoms with E-state index >= 15 is 0 Å². The first-order chi connectivity index (χ1) is 20.8. The Balaban J connectivity index is 1.34. The maximum absolute atomic E-state index is 13.9. The lowest BCUT2D eigenvalue weighted by Crippen LogP contribution is -2.51. The number of nitrogens with zero attached hydrogens (tertiary/aromatic N) is 1. The molecule has 0 radical (unpaired) electrons. The highest BCUT2D eigenvalue weighted by molar-refractivity contribution is 7.89. The summed E-state index contributed by atoms with van der Waals surface area (Å²) in [6, 6.07) is 14.6. The smallest absolute Gasteiger partial charge is 0.407 e. The molecule has 2 aromatic rings. The number of aliphatic hydroxyl groups is 2. The van der Waals surface area contributed by atoms with E-state index in [1.165, 1.54) is 12.1 Å². The van der Waals surface area contributed by atoms with E-state index in [0.29, 0.717) is 25.1 Å². The fourth-order valence-corrected chi connectivity index (χ4v) is 7.09. The summed E-state index contributed by atoms with van der Waals surface area (Å²) in [7, 11) is -4.22. The number of rotatable bonds is 14. The van der Waals surface area contributed by atoms with E-state index in [2.05, 4.69) is 10.6 Å². The summed E-state index contributed by atoms with van der Waals surface area (Å²) >= 11 is 0. The number of hydroxylamine groups is 1. The zero-order chi connectivity index (χ0) is 30.2. The molecule has 1 amide bonds. The van der Waals surface area contributed by atoms with E-state index < -0.39 is 40.9 Å². The molecule has 0 unspecified atom stereocenters. The number of sulfonamides is 1. The standard InChI is InChI=1S/C30H41N3O9S/c34-15-14-31-22-9-6-12-24(18-22)43(37,38)33(42-23-10-4-5-11-23)19-27(35)26(17-21-7-2-1-3-8-21)32-30(36)41-28-20-40-29-25(28)13-16-39-29/h1-3,6-9,12,18,23,25-29,31,34-35H,4-5,10-11,13-17,19-20H2,(H,32,36)/t25-,26-,27+,28-,29+/m0/s1. The van der Waals surface area contributed by atoms with Crippen molar-refractivity contribution in [3.63, 3.8) is 0 Å². The molecule has 43 heavy (non-hydrogen) atoms. The highest BCUT2D eigenvalue weighted by Gasteiger charge is 2.44. The molecule has 1 saturated carbocycles. The third kappa shape index (κ3) is 8.24. The Hall–Kier alpha value is -2.78. The van der Waals surface area contributed by atoms with Gasteiger partial charge in [0.1, 0.15) is 6.10 Å². The molecule has 3 fully saturated rings. The molecule has 13 heteroatoms. The van der Waals surface area contributed by atoms with Crippen molar-refractivity contribution in [3.05, 3.63) is 60.2 Å². The van der Waals surface area contributed by atoms with Crippen molar-refractivity contribution < 1.29 is 42.5 Å². The second kappa shape index (κ2) is 14.8. The second-order valence-electron chi connectivity index (χ2n) is 11.2. The number of benzene rings is 2. The molecule has 1 aliphatic carbocycles. The Morgan fingerprint density at radius 2 is 1.86 bits per heavy atom. The van der Waals surface area contributed by atoms with Gasteiger partial charge in [0.25, 0.3) is 10.0 Å². The largest absolute Gasteiger partial charge is 0.443 e. The van der Waals surface area contributed by atoms with Crippen LogP contribution in [-0.4, -0.2) is 92.7 Å². The van der Waals surface area contributed by atoms with Crippen LogP contribution >= 0.6 is 0 Å². The maximum atomic E-state index is 13.9. The molecule has 5 rings (SSSR count). The van der Waals surface area contributed by atoms with E-state index in [1.54, 1.807) is 12.1 Å². The van der Waals surface area contributed by atoms with Crippen LogP contribution in [0.25, 0.3) is 0 Å². The molecule has 0 aromatic heterocycles. The van der Waals surface area contributed by atoms with Gasteiger partial charge in [0.2, 0.25) is 0 Å². The van der Waals surface area contributed by atoms with Crippen LogP contribution in [0.1, 0.15) is 37.7 Å². The first kappa shape index (κ1) is 31.6. The number of carbonyl (C=O) groups is 1. The number of ether oxygens (including phenoxy) is 3. The third-order valence-corrected chi connectivity index (χ3v) is 9.68. The fraction of sp³-hybridized carbons (Fsp3) is 0.567. The molecule has 2 saturated heterocycles. The molecular weight excluding hydrogens is 578 g/mol. The SMILES string of the molecule is O=C(N[C@@H](Cc1ccccc1)[C@H](O)CN(OC1CCCC1)S(=O)(=O)c1cccc(NCCO)c1)O[C@H]1CO[C@H]2OCC[C@H]21. The Kier molecular flexibility index (Phi) is 10.9. The number of amides is 1. The number of hydrogen-bond acceptors (Lipinski definition) is 10. The molecule has 5 atom stereocenters. The van der Waals surface area contributed by atoms with Crippen molar-refractivity contribution in [1.82, 2.24) is 9.79 Å². The molecule has 2 heterocycles. The zero-order valence-corrected chi connectivity index (χ0v) is 24.9. The topological polar surface area (TPSA) is 156 Å². The van der Waals surface area contributed by atoms with Gasteiger partial charge >= 0.3 is 6.09 Å². The first-order valence-electron chi connectivity index (χ1n) is 14.9. The van der Waals surface area contributed by atoms with Crippen molar-refractivity contribution in [1.29, 1.82) is 0 Å². The van der Waals surface area contributed by atoms with Gasteiger partial charge in [-0.05, 0) is 49.4 Å². The van der Waals surface area contributed by atoms with Crippen LogP contribution in [0.2, 0.25) is 0 Å². The lowest BCUT2D eigenvalue weighted by Gasteiger charge is -2.31. The van der Waals surface area contributed by atoms with Gasteiger partial charge in [-0.25, -0.2) is 13.2 Å². The van der Waals surface area contributed by atoms with Crippen molar-refractivity contribution in [2.75, 3.05) is 38.2 Å². The molecule has 0 spiro atoms. The van der Waals surface area contributed by atoms with Crippen molar-refractivity contribution >= 4 is 21.8 Å². The maximum Gasteiger partial charge on any atom is 0.407 e. The van der Waals surface area contributed by atoms with Gasteiger partial charge in [-0.1, -0.05) is 53.7 Å². The van der Waals surface area contributed by atoms with Gasteiger partial charge < -0.3 is 35.1 Å². The Morgan fingerprint density at radius 3 is 2.63 bits per heavy atom. The van der Waals surface area contributed by atoms with Gasteiger partial charge in [-0.15, -0.1) is 0 Å². The fourth-order valence-electron chi connectivity index (χ4n) is 5.74. The van der Waals surface area contributed by atoms with Gasteiger partial charge in [0, 0.05) is 12.2 Å². The number of anilines is 1. The van der Waals surface area contributed by atoms with Crippen LogP contribution in [-0.2, 0) is 35.5 Å². The molecule has 12 nitrogen and oxygen atoms in total. The molecule has 236 valence electrons. The van der Waals surface area contributed by atoms with E-state index in [4.69, 9.17) is 24.2 Å². The number of fused-ring (bicyclic) bond motifs is 1. The highest BCUT2D eigenvalue weighted by atomic mass is 32.2. The van der Waals surface area contributed by atoms with Crippen molar-refractivity contribution in [3.8, 4) is 0 Å². The van der Waals surface area contributed by atoms with E-state index in [0.717, 1.165) is 29.3 Å². The van der Waals surface area contributed by atoms with E-state index in [9.17, 15) is 18.3 Å². The number of aliphatic hydroxyl groups excluding tert-OH is 2. The zero-order valence-electron chi connectivity index (χ0n) is 24.0. The lowest BCUT2D eigenvalue weighted by molar-refractivity contribution is -0.145. The predicted molar refractivity (Wildman–Crippen MR) is 156 cm³/mol. The molecule has 2 aromatic carbocycles. The summed E-state index contributed by atoms with van der Waals surface area (Å²) < 4.78 is 45.4. The molecule has 3 aliphatic rings. The summed E-state index contributed by atoms with van der Waals surface area (Å²) in [5, 5.41) is 26.4. The average molecular weight is 620 g/mol. The lowest BCUT2D eigenvalue weighted by atomic mass is 10.0. The third-order valence-electron chi connectivity index (χ3n) is 8.06. The normalized spacial score (nSPS) is 23.7. The molecule has 2 aliphatic heterocycles. The molecule has 0 bridgehead atoms. The van der Waals surface area contributed by atoms with Crippen molar-refractivity contribution in [2.24, 2.45) is 5.92 Å². The Bertz CT molecular complexity index is 1290. The minimum Gasteiger partial charge on any atom is -0.443 e. The summed E-state index contributed by atoms with van der Waals surface area (Å²) in [6.07, 6.45) is 0.952. The molecule has 4 N–H and O–H groups in total. The second-order valence-corrected chi connectivity index (χ2v) is 13.0. The van der Waals surface area contributed by atoms with Crippen LogP contribution < -0.4 is 10.6 Å². The van der Waals surface area contributed by atoms with Crippen LogP contribution in [0, 0.1) is 5.92 Å². The van der Waals surface area contributed by atoms with Crippen LogP contribution in [0.15, 0.2) is 59.5 Å². The molecular formula is C30H41N3O9S. The van der Waals surface area contributed by atoms with Crippen LogP contribution in [0.3, 0.4) is 0 Å². The summed E-state index contributed by atoms with van der Waals surface area (Å²) in [6.45, 7) is 0.492. The minimum absolute atomic E-state index is 0.0258. The minimum atomic E-state index is -4.22. The highest BCUT2D eigenvalue weighted by Crippen LogP contribution is 2.33. The quantitative estimate of drug-likeness (QED) is 0.232. The van der Waals surface area contributed by atoms with Gasteiger partial charge in [-0.2, -0.15) is 0 Å². The van der Waals surface area contributed by atoms with Crippen LogP contribution in [0.5, 0.6) is 0 Å². The summed E-state index contributed by atoms with van der Waals surface area (Å²) in [5.74, 6) is -0.0497. The summed E-state index contributed by atoms with van der Waals surface area (Å²) in [4.78, 5) is 19.1. The first-order valence-corrected chi connectivity index (χ1v) is 16.3. The predicted octanol–water partition coefficient (Wildman–Crippen LogP) is 2.42. The monoisotopic (exact) mass is 619 g/mol. The number of carbonyl (C=O) groups excluding carboxylic acids is 1.